The van der Waals surface area contributed by atoms with Crippen LogP contribution in [0.4, 0.5) is 0 Å². The summed E-state index contributed by atoms with van der Waals surface area (Å²) in [6.45, 7) is 6.74. The largest absolute Gasteiger partial charge is 0.472 e. The van der Waals surface area contributed by atoms with E-state index in [1.807, 2.05) is 20.8 Å². The van der Waals surface area contributed by atoms with Gasteiger partial charge in [0.05, 0.1) is 12.2 Å². The van der Waals surface area contributed by atoms with Gasteiger partial charge in [0.15, 0.2) is 0 Å². The fourth-order valence-electron chi connectivity index (χ4n) is 0.790. The fraction of sp³-hybridized carbons (Fsp3) is 0.875. The molecule has 0 amide bonds. The number of hydrogen-bond donors (Lipinski definition) is 0. The summed E-state index contributed by atoms with van der Waals surface area (Å²) in [5, 5.41) is 0. The summed E-state index contributed by atoms with van der Waals surface area (Å²) in [5.74, 6) is 0.926. The van der Waals surface area contributed by atoms with E-state index >= 15 is 0 Å². The first-order valence-electron chi connectivity index (χ1n) is 3.95. The smallest absolute Gasteiger partial charge is 0.220 e. The molecule has 12 heavy (non-hydrogen) atoms. The molecule has 0 aromatic rings. The van der Waals surface area contributed by atoms with Crippen LogP contribution in [0.15, 0.2) is 0 Å². The monoisotopic (exact) mass is 206 g/mol. The predicted octanol–water partition coefficient (Wildman–Crippen LogP) is 2.22. The predicted molar refractivity (Wildman–Crippen MR) is 55.6 cm³/mol. The van der Waals surface area contributed by atoms with Crippen LogP contribution < -0.4 is 0 Å². The zero-order chi connectivity index (χ0) is 9.19. The molecule has 0 bridgehead atoms. The third-order valence-corrected chi connectivity index (χ3v) is 2.67. The first-order chi connectivity index (χ1) is 5.47. The molecule has 0 radical (unpaired) electrons. The Balaban J connectivity index is 2.20. The lowest BCUT2D eigenvalue weighted by molar-refractivity contribution is -0.0360. The van der Waals surface area contributed by atoms with Crippen LogP contribution in [0.2, 0.25) is 0 Å². The molecule has 1 atom stereocenters. The highest BCUT2D eigenvalue weighted by molar-refractivity contribution is 8.22. The molecule has 1 aliphatic heterocycles. The molecule has 0 saturated carbocycles. The van der Waals surface area contributed by atoms with Crippen LogP contribution >= 0.6 is 24.0 Å². The van der Waals surface area contributed by atoms with Crippen LogP contribution in [-0.2, 0) is 9.47 Å². The van der Waals surface area contributed by atoms with Crippen LogP contribution in [0.25, 0.3) is 0 Å². The third kappa shape index (κ3) is 3.74. The first kappa shape index (κ1) is 10.3. The van der Waals surface area contributed by atoms with Crippen molar-refractivity contribution in [2.45, 2.75) is 32.5 Å². The van der Waals surface area contributed by atoms with Crippen LogP contribution in [0.3, 0.4) is 0 Å². The molecule has 0 N–H and O–H groups in total. The highest BCUT2D eigenvalue weighted by Crippen LogP contribution is 2.21. The van der Waals surface area contributed by atoms with E-state index in [0.29, 0.717) is 11.0 Å². The minimum absolute atomic E-state index is 0.0851. The second-order valence-electron chi connectivity index (χ2n) is 3.72. The van der Waals surface area contributed by atoms with Crippen molar-refractivity contribution in [3.63, 3.8) is 0 Å². The number of thiocarbonyl (C=S) groups is 1. The molecule has 1 unspecified atom stereocenters. The van der Waals surface area contributed by atoms with E-state index in [4.69, 9.17) is 21.7 Å². The number of thioether (sulfide) groups is 1. The molecule has 0 aliphatic carbocycles. The number of hydrogen-bond acceptors (Lipinski definition) is 4. The Morgan fingerprint density at radius 1 is 1.67 bits per heavy atom. The van der Waals surface area contributed by atoms with Crippen molar-refractivity contribution in [3.05, 3.63) is 0 Å². The van der Waals surface area contributed by atoms with Crippen molar-refractivity contribution < 1.29 is 9.47 Å². The molecule has 0 aromatic carbocycles. The Kier molecular flexibility index (Phi) is 3.37. The van der Waals surface area contributed by atoms with E-state index in [2.05, 4.69) is 0 Å². The number of rotatable bonds is 2. The van der Waals surface area contributed by atoms with E-state index in [9.17, 15) is 0 Å². The Bertz CT molecular complexity index is 174. The van der Waals surface area contributed by atoms with E-state index < -0.39 is 0 Å². The highest BCUT2D eigenvalue weighted by atomic mass is 32.2. The van der Waals surface area contributed by atoms with Crippen molar-refractivity contribution in [2.24, 2.45) is 0 Å². The molecule has 1 fully saturated rings. The van der Waals surface area contributed by atoms with Crippen LogP contribution in [0.5, 0.6) is 0 Å². The second-order valence-corrected chi connectivity index (χ2v) is 5.35. The molecule has 1 heterocycles. The van der Waals surface area contributed by atoms with Crippen molar-refractivity contribution in [3.8, 4) is 0 Å². The quantitative estimate of drug-likeness (QED) is 0.645. The molecule has 2 nitrogen and oxygen atoms in total. The average Bonchev–Trinajstić information content (AvgIpc) is 2.30. The van der Waals surface area contributed by atoms with E-state index in [1.54, 1.807) is 11.8 Å². The van der Waals surface area contributed by atoms with Crippen LogP contribution in [-0.4, -0.2) is 28.4 Å². The zero-order valence-corrected chi connectivity index (χ0v) is 9.26. The molecule has 1 rings (SSSR count). The lowest BCUT2D eigenvalue weighted by Gasteiger charge is -2.21. The summed E-state index contributed by atoms with van der Waals surface area (Å²) in [4.78, 5) is 0. The van der Waals surface area contributed by atoms with Crippen LogP contribution in [0, 0.1) is 0 Å². The molecule has 1 saturated heterocycles. The van der Waals surface area contributed by atoms with Gasteiger partial charge in [-0.25, -0.2) is 0 Å². The van der Waals surface area contributed by atoms with Gasteiger partial charge < -0.3 is 9.47 Å². The van der Waals surface area contributed by atoms with Gasteiger partial charge in [-0.2, -0.15) is 0 Å². The summed E-state index contributed by atoms with van der Waals surface area (Å²) in [6, 6.07) is 0. The SMILES string of the molecule is CC(C)(C)OCC1CSC(=S)O1. The van der Waals surface area contributed by atoms with Gasteiger partial charge in [-0.15, -0.1) is 0 Å². The van der Waals surface area contributed by atoms with Gasteiger partial charge in [-0.1, -0.05) is 11.8 Å². The molecular formula is C8H14O2S2. The lowest BCUT2D eigenvalue weighted by atomic mass is 10.2. The van der Waals surface area contributed by atoms with Gasteiger partial charge in [-0.3, -0.25) is 0 Å². The van der Waals surface area contributed by atoms with Gasteiger partial charge in [0.2, 0.25) is 4.38 Å². The maximum Gasteiger partial charge on any atom is 0.220 e. The normalized spacial score (nSPS) is 24.2. The summed E-state index contributed by atoms with van der Waals surface area (Å²) >= 11 is 6.47. The summed E-state index contributed by atoms with van der Waals surface area (Å²) < 4.78 is 11.5. The van der Waals surface area contributed by atoms with Crippen molar-refractivity contribution in [2.75, 3.05) is 12.4 Å². The van der Waals surface area contributed by atoms with Gasteiger partial charge in [0.1, 0.15) is 6.10 Å². The summed E-state index contributed by atoms with van der Waals surface area (Å²) in [5.41, 5.74) is -0.0851. The minimum Gasteiger partial charge on any atom is -0.472 e. The third-order valence-electron chi connectivity index (χ3n) is 1.35. The van der Waals surface area contributed by atoms with E-state index in [0.717, 1.165) is 5.75 Å². The molecule has 0 aromatic heterocycles. The van der Waals surface area contributed by atoms with Gasteiger partial charge in [-0.05, 0) is 33.0 Å². The van der Waals surface area contributed by atoms with Gasteiger partial charge in [0.25, 0.3) is 0 Å². The Hall–Kier alpha value is 0.200. The topological polar surface area (TPSA) is 18.5 Å². The Labute approximate surface area is 83.0 Å². The van der Waals surface area contributed by atoms with Crippen molar-refractivity contribution in [1.29, 1.82) is 0 Å². The first-order valence-corrected chi connectivity index (χ1v) is 5.34. The van der Waals surface area contributed by atoms with Crippen molar-refractivity contribution in [1.82, 2.24) is 0 Å². The van der Waals surface area contributed by atoms with Gasteiger partial charge in [0, 0.05) is 5.75 Å². The number of ether oxygens (including phenoxy) is 2. The average molecular weight is 206 g/mol. The molecule has 70 valence electrons. The standard InChI is InChI=1S/C8H14O2S2/c1-8(2,3)9-4-6-5-12-7(11)10-6/h6H,4-5H2,1-3H3. The maximum atomic E-state index is 5.56. The van der Waals surface area contributed by atoms with E-state index in [1.165, 1.54) is 0 Å². The lowest BCUT2D eigenvalue weighted by Crippen LogP contribution is -2.27. The van der Waals surface area contributed by atoms with Gasteiger partial charge >= 0.3 is 0 Å². The maximum absolute atomic E-state index is 5.56. The molecule has 1 aliphatic rings. The minimum atomic E-state index is -0.0851. The molecule has 0 spiro atoms. The van der Waals surface area contributed by atoms with E-state index in [-0.39, 0.29) is 11.7 Å². The Morgan fingerprint density at radius 2 is 2.33 bits per heavy atom. The summed E-state index contributed by atoms with van der Waals surface area (Å²) in [6.07, 6.45) is 0.154. The highest BCUT2D eigenvalue weighted by Gasteiger charge is 2.23. The second kappa shape index (κ2) is 3.94. The molecular weight excluding hydrogens is 192 g/mol. The van der Waals surface area contributed by atoms with Crippen molar-refractivity contribution >= 4 is 28.4 Å². The fourth-order valence-corrected chi connectivity index (χ4v) is 1.82. The zero-order valence-electron chi connectivity index (χ0n) is 7.62. The van der Waals surface area contributed by atoms with Crippen LogP contribution in [0.1, 0.15) is 20.8 Å². The Morgan fingerprint density at radius 3 is 2.75 bits per heavy atom. The molecule has 4 heteroatoms. The summed E-state index contributed by atoms with van der Waals surface area (Å²) in [7, 11) is 0.